The maximum atomic E-state index is 6.00. The summed E-state index contributed by atoms with van der Waals surface area (Å²) in [4.78, 5) is 0. The van der Waals surface area contributed by atoms with Gasteiger partial charge in [-0.15, -0.1) is 0 Å². The number of ether oxygens (including phenoxy) is 2. The summed E-state index contributed by atoms with van der Waals surface area (Å²) in [6.07, 6.45) is 1.28. The van der Waals surface area contributed by atoms with Crippen molar-refractivity contribution in [2.24, 2.45) is 5.92 Å². The molecule has 4 nitrogen and oxygen atoms in total. The van der Waals surface area contributed by atoms with Crippen LogP contribution in [-0.4, -0.2) is 32.3 Å². The van der Waals surface area contributed by atoms with E-state index in [1.54, 1.807) is 20.3 Å². The van der Waals surface area contributed by atoms with Crippen molar-refractivity contribution in [2.75, 3.05) is 43.3 Å². The Balaban J connectivity index is 2.06. The molecule has 1 saturated heterocycles. The van der Waals surface area contributed by atoms with Crippen LogP contribution in [0, 0.1) is 5.92 Å². The second-order valence-corrected chi connectivity index (χ2v) is 5.55. The number of methoxy groups -OCH3 is 2. The highest BCUT2D eigenvalue weighted by molar-refractivity contribution is 7.99. The van der Waals surface area contributed by atoms with Crippen LogP contribution in [0.15, 0.2) is 12.1 Å². The summed E-state index contributed by atoms with van der Waals surface area (Å²) >= 11 is 2.02. The molecule has 0 aromatic heterocycles. The number of rotatable bonds is 5. The van der Waals surface area contributed by atoms with E-state index in [1.807, 2.05) is 17.8 Å². The average molecular weight is 268 g/mol. The summed E-state index contributed by atoms with van der Waals surface area (Å²) in [6, 6.07) is 3.70. The molecule has 1 heterocycles. The monoisotopic (exact) mass is 268 g/mol. The van der Waals surface area contributed by atoms with Gasteiger partial charge in [0, 0.05) is 18.7 Å². The third kappa shape index (κ3) is 2.96. The van der Waals surface area contributed by atoms with Crippen LogP contribution < -0.4 is 20.5 Å². The van der Waals surface area contributed by atoms with Gasteiger partial charge in [-0.1, -0.05) is 0 Å². The number of hydrogen-bond donors (Lipinski definition) is 2. The molecule has 0 radical (unpaired) electrons. The van der Waals surface area contributed by atoms with Crippen molar-refractivity contribution in [3.63, 3.8) is 0 Å². The van der Waals surface area contributed by atoms with Crippen molar-refractivity contribution in [1.82, 2.24) is 0 Å². The molecule has 1 aliphatic rings. The zero-order valence-corrected chi connectivity index (χ0v) is 11.7. The van der Waals surface area contributed by atoms with Gasteiger partial charge in [0.15, 0.2) is 11.5 Å². The summed E-state index contributed by atoms with van der Waals surface area (Å²) in [5.41, 5.74) is 7.62. The predicted molar refractivity (Wildman–Crippen MR) is 77.9 cm³/mol. The zero-order valence-electron chi connectivity index (χ0n) is 10.9. The van der Waals surface area contributed by atoms with Crippen molar-refractivity contribution >= 4 is 23.1 Å². The van der Waals surface area contributed by atoms with Crippen LogP contribution in [0.5, 0.6) is 11.5 Å². The predicted octanol–water partition coefficient (Wildman–Crippen LogP) is 2.45. The molecule has 1 atom stereocenters. The standard InChI is InChI=1S/C13H20N2O2S/c1-16-12-5-10(14)11(6-13(12)17-2)15-7-9-3-4-18-8-9/h5-6,9,15H,3-4,7-8,14H2,1-2H3. The fourth-order valence-corrected chi connectivity index (χ4v) is 3.33. The van der Waals surface area contributed by atoms with Gasteiger partial charge in [0.1, 0.15) is 0 Å². The van der Waals surface area contributed by atoms with E-state index in [-0.39, 0.29) is 0 Å². The molecule has 5 heteroatoms. The Morgan fingerprint density at radius 2 is 2.06 bits per heavy atom. The lowest BCUT2D eigenvalue weighted by Gasteiger charge is -2.16. The fraction of sp³-hybridized carbons (Fsp3) is 0.538. The molecule has 1 aromatic rings. The highest BCUT2D eigenvalue weighted by Crippen LogP contribution is 2.35. The van der Waals surface area contributed by atoms with Gasteiger partial charge < -0.3 is 20.5 Å². The van der Waals surface area contributed by atoms with Gasteiger partial charge >= 0.3 is 0 Å². The van der Waals surface area contributed by atoms with E-state index in [1.165, 1.54) is 17.9 Å². The molecule has 0 aliphatic carbocycles. The summed E-state index contributed by atoms with van der Waals surface area (Å²) in [7, 11) is 3.24. The Kier molecular flexibility index (Phi) is 4.47. The minimum absolute atomic E-state index is 0.664. The molecule has 0 amide bonds. The summed E-state index contributed by atoms with van der Waals surface area (Å²) in [5.74, 6) is 4.61. The van der Waals surface area contributed by atoms with E-state index in [9.17, 15) is 0 Å². The fourth-order valence-electron chi connectivity index (χ4n) is 2.05. The van der Waals surface area contributed by atoms with E-state index in [2.05, 4.69) is 5.32 Å². The Hall–Kier alpha value is -1.23. The van der Waals surface area contributed by atoms with Crippen LogP contribution in [0.25, 0.3) is 0 Å². The molecule has 18 heavy (non-hydrogen) atoms. The normalized spacial score (nSPS) is 18.7. The lowest BCUT2D eigenvalue weighted by atomic mass is 10.1. The molecule has 1 aliphatic heterocycles. The number of anilines is 2. The van der Waals surface area contributed by atoms with Gasteiger partial charge in [0.25, 0.3) is 0 Å². The van der Waals surface area contributed by atoms with Crippen LogP contribution >= 0.6 is 11.8 Å². The minimum Gasteiger partial charge on any atom is -0.493 e. The summed E-state index contributed by atoms with van der Waals surface area (Å²) < 4.78 is 10.5. The number of hydrogen-bond acceptors (Lipinski definition) is 5. The molecule has 0 spiro atoms. The molecular formula is C13H20N2O2S. The van der Waals surface area contributed by atoms with Crippen LogP contribution in [-0.2, 0) is 0 Å². The number of nitrogen functional groups attached to an aromatic ring is 1. The van der Waals surface area contributed by atoms with Gasteiger partial charge in [-0.2, -0.15) is 11.8 Å². The Morgan fingerprint density at radius 3 is 2.67 bits per heavy atom. The minimum atomic E-state index is 0.664. The van der Waals surface area contributed by atoms with Crippen LogP contribution in [0.4, 0.5) is 11.4 Å². The van der Waals surface area contributed by atoms with Gasteiger partial charge in [0.05, 0.1) is 25.6 Å². The van der Waals surface area contributed by atoms with Crippen molar-refractivity contribution in [3.05, 3.63) is 12.1 Å². The van der Waals surface area contributed by atoms with E-state index < -0.39 is 0 Å². The number of benzene rings is 1. The molecular weight excluding hydrogens is 248 g/mol. The van der Waals surface area contributed by atoms with Crippen molar-refractivity contribution < 1.29 is 9.47 Å². The third-order valence-corrected chi connectivity index (χ3v) is 4.39. The van der Waals surface area contributed by atoms with Crippen molar-refractivity contribution in [2.45, 2.75) is 6.42 Å². The van der Waals surface area contributed by atoms with E-state index in [0.717, 1.165) is 18.2 Å². The maximum Gasteiger partial charge on any atom is 0.162 e. The number of nitrogens with one attached hydrogen (secondary N) is 1. The van der Waals surface area contributed by atoms with Crippen LogP contribution in [0.2, 0.25) is 0 Å². The van der Waals surface area contributed by atoms with E-state index in [4.69, 9.17) is 15.2 Å². The molecule has 100 valence electrons. The first-order valence-electron chi connectivity index (χ1n) is 6.07. The van der Waals surface area contributed by atoms with Gasteiger partial charge in [-0.3, -0.25) is 0 Å². The molecule has 1 fully saturated rings. The molecule has 2 rings (SSSR count). The highest BCUT2D eigenvalue weighted by Gasteiger charge is 2.16. The first-order chi connectivity index (χ1) is 8.74. The van der Waals surface area contributed by atoms with Gasteiger partial charge in [0.2, 0.25) is 0 Å². The molecule has 0 bridgehead atoms. The molecule has 3 N–H and O–H groups in total. The summed E-state index contributed by atoms with van der Waals surface area (Å²) in [5, 5.41) is 3.41. The Bertz CT molecular complexity index is 406. The average Bonchev–Trinajstić information content (AvgIpc) is 2.90. The van der Waals surface area contributed by atoms with E-state index in [0.29, 0.717) is 17.2 Å². The number of thioether (sulfide) groups is 1. The first kappa shape index (κ1) is 13.2. The molecule has 0 saturated carbocycles. The molecule has 1 aromatic carbocycles. The topological polar surface area (TPSA) is 56.5 Å². The summed E-state index contributed by atoms with van der Waals surface area (Å²) in [6.45, 7) is 0.965. The van der Waals surface area contributed by atoms with Gasteiger partial charge in [-0.05, 0) is 23.8 Å². The Morgan fingerprint density at radius 1 is 1.33 bits per heavy atom. The zero-order chi connectivity index (χ0) is 13.0. The van der Waals surface area contributed by atoms with Crippen molar-refractivity contribution in [3.8, 4) is 11.5 Å². The van der Waals surface area contributed by atoms with Crippen LogP contribution in [0.3, 0.4) is 0 Å². The lowest BCUT2D eigenvalue weighted by Crippen LogP contribution is -2.14. The third-order valence-electron chi connectivity index (χ3n) is 3.16. The largest absolute Gasteiger partial charge is 0.493 e. The second kappa shape index (κ2) is 6.09. The maximum absolute atomic E-state index is 6.00. The second-order valence-electron chi connectivity index (χ2n) is 4.40. The van der Waals surface area contributed by atoms with Crippen molar-refractivity contribution in [1.29, 1.82) is 0 Å². The SMILES string of the molecule is COc1cc(N)c(NCC2CCSC2)cc1OC. The smallest absolute Gasteiger partial charge is 0.162 e. The van der Waals surface area contributed by atoms with Gasteiger partial charge in [-0.25, -0.2) is 0 Å². The first-order valence-corrected chi connectivity index (χ1v) is 7.23. The molecule has 1 unspecified atom stereocenters. The lowest BCUT2D eigenvalue weighted by molar-refractivity contribution is 0.355. The Labute approximate surface area is 112 Å². The highest BCUT2D eigenvalue weighted by atomic mass is 32.2. The number of nitrogens with two attached hydrogens (primary N) is 1. The van der Waals surface area contributed by atoms with Crippen LogP contribution in [0.1, 0.15) is 6.42 Å². The quantitative estimate of drug-likeness (QED) is 0.803. The van der Waals surface area contributed by atoms with E-state index >= 15 is 0 Å².